The second-order valence-electron chi connectivity index (χ2n) is 12.4. The first-order chi connectivity index (χ1) is 21.9. The molecule has 4 nitrogen and oxygen atoms in total. The molecule has 3 heterocycles. The Morgan fingerprint density at radius 2 is 1.29 bits per heavy atom. The van der Waals surface area contributed by atoms with Crippen molar-refractivity contribution in [3.8, 4) is 22.6 Å². The second kappa shape index (κ2) is 10.8. The molecule has 0 aliphatic carbocycles. The van der Waals surface area contributed by atoms with Gasteiger partial charge in [0.1, 0.15) is 11.5 Å². The topological polar surface area (TPSA) is 27.7 Å². The standard InChI is InChI=1S/C40H33N4S/c1-40(2,3)43-27-42(36-18-9-10-19-37(36)43)30-14-11-15-31(25-30)45-32-20-21-34-33-16-7-8-17-35(33)44(38(34)26-32)39-24-29(22-23-41-39)28-12-5-4-6-13-28/h4-27H,1-3H3/q+1. The number of benzene rings is 5. The van der Waals surface area contributed by atoms with Crippen molar-refractivity contribution in [3.05, 3.63) is 146 Å². The third kappa shape index (κ3) is 4.90. The van der Waals surface area contributed by atoms with Gasteiger partial charge in [-0.25, -0.2) is 9.55 Å². The first kappa shape index (κ1) is 27.4. The smallest absolute Gasteiger partial charge is 0.191 e. The Hall–Kier alpha value is -5.13. The highest BCUT2D eigenvalue weighted by molar-refractivity contribution is 7.99. The van der Waals surface area contributed by atoms with Crippen molar-refractivity contribution >= 4 is 44.6 Å². The maximum Gasteiger partial charge on any atom is 0.191 e. The molecule has 0 spiro atoms. The quantitative estimate of drug-likeness (QED) is 0.184. The van der Waals surface area contributed by atoms with E-state index in [0.717, 1.165) is 28.1 Å². The van der Waals surface area contributed by atoms with E-state index in [1.54, 1.807) is 11.8 Å². The van der Waals surface area contributed by atoms with Crippen LogP contribution in [0, 0.1) is 0 Å². The molecule has 0 unspecified atom stereocenters. The zero-order chi connectivity index (χ0) is 30.5. The number of nitrogens with zero attached hydrogens (tertiary/aromatic N) is 4. The van der Waals surface area contributed by atoms with Crippen LogP contribution in [0.2, 0.25) is 0 Å². The lowest BCUT2D eigenvalue weighted by Crippen LogP contribution is -2.20. The average Bonchev–Trinajstić information content (AvgIpc) is 3.62. The van der Waals surface area contributed by atoms with Crippen LogP contribution < -0.4 is 0 Å². The molecule has 0 amide bonds. The summed E-state index contributed by atoms with van der Waals surface area (Å²) in [5.74, 6) is 0.915. The van der Waals surface area contributed by atoms with Gasteiger partial charge < -0.3 is 0 Å². The molecule has 0 atom stereocenters. The molecule has 8 aromatic rings. The molecule has 0 saturated carbocycles. The molecule has 218 valence electrons. The molecular weight excluding hydrogens is 569 g/mol. The molecule has 5 heteroatoms. The summed E-state index contributed by atoms with van der Waals surface area (Å²) in [6.45, 7) is 6.75. The molecule has 45 heavy (non-hydrogen) atoms. The van der Waals surface area contributed by atoms with Gasteiger partial charge >= 0.3 is 0 Å². The fourth-order valence-electron chi connectivity index (χ4n) is 6.30. The molecule has 5 aromatic carbocycles. The lowest BCUT2D eigenvalue weighted by atomic mass is 10.1. The summed E-state index contributed by atoms with van der Waals surface area (Å²) >= 11 is 1.79. The van der Waals surface area contributed by atoms with E-state index in [4.69, 9.17) is 4.98 Å². The van der Waals surface area contributed by atoms with Crippen molar-refractivity contribution < 1.29 is 0 Å². The fraction of sp³-hybridized carbons (Fsp3) is 0.100. The number of pyridine rings is 1. The van der Waals surface area contributed by atoms with Crippen molar-refractivity contribution in [2.75, 3.05) is 0 Å². The summed E-state index contributed by atoms with van der Waals surface area (Å²) < 4.78 is 6.96. The average molecular weight is 602 g/mol. The third-order valence-electron chi connectivity index (χ3n) is 8.41. The summed E-state index contributed by atoms with van der Waals surface area (Å²) in [4.78, 5) is 7.24. The van der Waals surface area contributed by atoms with E-state index in [9.17, 15) is 0 Å². The van der Waals surface area contributed by atoms with Crippen LogP contribution in [-0.4, -0.2) is 18.7 Å². The SMILES string of the molecule is CC(C)(C)n1[cH+]n(-c2cccc(Sc3ccc4c5ccccc5n(-c5cc(-c6ccccc6)ccn5)c4c3)c2)c2ccccc21. The largest absolute Gasteiger partial charge is 0.294 e. The normalized spacial score (nSPS) is 12.0. The van der Waals surface area contributed by atoms with Crippen LogP contribution in [0.1, 0.15) is 20.8 Å². The van der Waals surface area contributed by atoms with E-state index < -0.39 is 0 Å². The van der Waals surface area contributed by atoms with Crippen LogP contribution in [0.15, 0.2) is 156 Å². The predicted molar refractivity (Wildman–Crippen MR) is 189 cm³/mol. The Kier molecular flexibility index (Phi) is 6.58. The van der Waals surface area contributed by atoms with Crippen LogP contribution in [-0.2, 0) is 5.54 Å². The number of para-hydroxylation sites is 3. The van der Waals surface area contributed by atoms with Crippen LogP contribution in [0.4, 0.5) is 0 Å². The maximum atomic E-state index is 4.86. The number of hydrogen-bond donors (Lipinski definition) is 0. The summed E-state index contributed by atoms with van der Waals surface area (Å²) in [6.07, 6.45) is 4.15. The minimum atomic E-state index is -0.0272. The zero-order valence-electron chi connectivity index (χ0n) is 25.6. The number of imidazole rings is 1. The minimum absolute atomic E-state index is 0.0272. The Bertz CT molecular complexity index is 2340. The molecule has 0 radical (unpaired) electrons. The van der Waals surface area contributed by atoms with Gasteiger partial charge in [-0.1, -0.05) is 66.4 Å². The van der Waals surface area contributed by atoms with Gasteiger partial charge in [-0.15, -0.1) is 0 Å². The van der Waals surface area contributed by atoms with Crippen LogP contribution in [0.25, 0.3) is 55.5 Å². The van der Waals surface area contributed by atoms with Gasteiger partial charge in [0.2, 0.25) is 0 Å². The Labute approximate surface area is 267 Å². The Morgan fingerprint density at radius 1 is 0.578 bits per heavy atom. The highest BCUT2D eigenvalue weighted by Crippen LogP contribution is 2.37. The second-order valence-corrected chi connectivity index (χ2v) is 13.6. The molecule has 8 rings (SSSR count). The van der Waals surface area contributed by atoms with Crippen molar-refractivity contribution in [1.29, 1.82) is 0 Å². The fourth-order valence-corrected chi connectivity index (χ4v) is 7.20. The molecule has 0 bridgehead atoms. The number of fused-ring (bicyclic) bond motifs is 4. The molecule has 0 N–H and O–H groups in total. The third-order valence-corrected chi connectivity index (χ3v) is 9.39. The van der Waals surface area contributed by atoms with Crippen molar-refractivity contribution in [2.24, 2.45) is 0 Å². The molecule has 0 aliphatic rings. The summed E-state index contributed by atoms with van der Waals surface area (Å²) in [6, 6.07) is 47.6. The van der Waals surface area contributed by atoms with E-state index in [2.05, 4.69) is 174 Å². The highest BCUT2D eigenvalue weighted by atomic mass is 32.2. The van der Waals surface area contributed by atoms with E-state index >= 15 is 0 Å². The summed E-state index contributed by atoms with van der Waals surface area (Å²) in [7, 11) is 0. The molecule has 3 aromatic heterocycles. The van der Waals surface area contributed by atoms with E-state index in [-0.39, 0.29) is 5.54 Å². The van der Waals surface area contributed by atoms with Crippen LogP contribution in [0.3, 0.4) is 0 Å². The van der Waals surface area contributed by atoms with Gasteiger partial charge in [0, 0.05) is 51.0 Å². The Balaban J connectivity index is 1.22. The van der Waals surface area contributed by atoms with Crippen LogP contribution in [0.5, 0.6) is 0 Å². The maximum absolute atomic E-state index is 4.86. The predicted octanol–water partition coefficient (Wildman–Crippen LogP) is 10.8. The zero-order valence-corrected chi connectivity index (χ0v) is 26.4. The minimum Gasteiger partial charge on any atom is -0.294 e. The van der Waals surface area contributed by atoms with Crippen LogP contribution >= 0.6 is 11.8 Å². The number of aromatic nitrogens is 4. The van der Waals surface area contributed by atoms with Gasteiger partial charge in [-0.2, -0.15) is 4.57 Å². The number of rotatable bonds is 5. The van der Waals surface area contributed by atoms with Crippen molar-refractivity contribution in [1.82, 2.24) is 18.7 Å². The lowest BCUT2D eigenvalue weighted by Gasteiger charge is -2.17. The van der Waals surface area contributed by atoms with Gasteiger partial charge in [-0.3, -0.25) is 4.57 Å². The van der Waals surface area contributed by atoms with Gasteiger partial charge in [0.25, 0.3) is 0 Å². The highest BCUT2D eigenvalue weighted by Gasteiger charge is 2.24. The summed E-state index contributed by atoms with van der Waals surface area (Å²) in [5, 5.41) is 2.45. The molecular formula is C40H33N4S+. The van der Waals surface area contributed by atoms with E-state index in [1.165, 1.54) is 37.2 Å². The Morgan fingerprint density at radius 3 is 2.11 bits per heavy atom. The van der Waals surface area contributed by atoms with E-state index in [1.807, 2.05) is 6.20 Å². The van der Waals surface area contributed by atoms with E-state index in [0.29, 0.717) is 0 Å². The molecule has 0 saturated heterocycles. The van der Waals surface area contributed by atoms with Crippen molar-refractivity contribution in [3.63, 3.8) is 0 Å². The lowest BCUT2D eigenvalue weighted by molar-refractivity contribution is 0.406. The first-order valence-corrected chi connectivity index (χ1v) is 16.1. The number of hydrogen-bond acceptors (Lipinski definition) is 2. The van der Waals surface area contributed by atoms with Gasteiger partial charge in [-0.05, 0) is 86.5 Å². The molecule has 0 fully saturated rings. The first-order valence-electron chi connectivity index (χ1n) is 15.3. The van der Waals surface area contributed by atoms with Crippen molar-refractivity contribution in [2.45, 2.75) is 36.1 Å². The van der Waals surface area contributed by atoms with Gasteiger partial charge in [0.05, 0.1) is 16.6 Å². The monoisotopic (exact) mass is 601 g/mol. The molecule has 0 aliphatic heterocycles. The summed E-state index contributed by atoms with van der Waals surface area (Å²) in [5.41, 5.74) is 8.19. The van der Waals surface area contributed by atoms with Gasteiger partial charge in [0.15, 0.2) is 17.4 Å².